The summed E-state index contributed by atoms with van der Waals surface area (Å²) < 4.78 is 1.80. The molecule has 1 aliphatic carbocycles. The van der Waals surface area contributed by atoms with Gasteiger partial charge in [-0.15, -0.1) is 0 Å². The molecule has 0 saturated heterocycles. The number of hydrogen-bond acceptors (Lipinski definition) is 1. The van der Waals surface area contributed by atoms with Gasteiger partial charge in [0, 0.05) is 18.9 Å². The molecule has 0 aromatic carbocycles. The number of hydrogen-bond donors (Lipinski definition) is 1. The van der Waals surface area contributed by atoms with Crippen LogP contribution in [0.2, 0.25) is 0 Å². The lowest BCUT2D eigenvalue weighted by atomic mass is 9.76. The molecular formula is C11H18N2O. The molecule has 0 atom stereocenters. The summed E-state index contributed by atoms with van der Waals surface area (Å²) in [6.07, 6.45) is 10.1. The van der Waals surface area contributed by atoms with E-state index in [1.165, 1.54) is 32.1 Å². The van der Waals surface area contributed by atoms with Crippen LogP contribution in [0.15, 0.2) is 17.2 Å². The maximum absolute atomic E-state index is 11.3. The maximum atomic E-state index is 11.3. The molecule has 1 fully saturated rings. The molecule has 0 spiro atoms. The van der Waals surface area contributed by atoms with E-state index < -0.39 is 0 Å². The van der Waals surface area contributed by atoms with Crippen LogP contribution >= 0.6 is 0 Å². The molecule has 3 nitrogen and oxygen atoms in total. The highest BCUT2D eigenvalue weighted by Gasteiger charge is 2.27. The maximum Gasteiger partial charge on any atom is 0.325 e. The van der Waals surface area contributed by atoms with Crippen molar-refractivity contribution >= 4 is 0 Å². The predicted octanol–water partition coefficient (Wildman–Crippen LogP) is 2.15. The average molecular weight is 194 g/mol. The summed E-state index contributed by atoms with van der Waals surface area (Å²) in [5.41, 5.74) is 0.362. The Morgan fingerprint density at radius 2 is 2.14 bits per heavy atom. The smallest absolute Gasteiger partial charge is 0.313 e. The van der Waals surface area contributed by atoms with Crippen LogP contribution in [0.4, 0.5) is 0 Å². The second-order valence-corrected chi connectivity index (χ2v) is 4.76. The van der Waals surface area contributed by atoms with Crippen molar-refractivity contribution in [1.82, 2.24) is 9.55 Å². The van der Waals surface area contributed by atoms with Crippen molar-refractivity contribution in [3.63, 3.8) is 0 Å². The van der Waals surface area contributed by atoms with Crippen molar-refractivity contribution in [3.8, 4) is 0 Å². The number of aromatic amines is 1. The summed E-state index contributed by atoms with van der Waals surface area (Å²) in [7, 11) is 0. The molecule has 1 aromatic heterocycles. The van der Waals surface area contributed by atoms with Gasteiger partial charge in [0.2, 0.25) is 0 Å². The lowest BCUT2D eigenvalue weighted by Crippen LogP contribution is -2.30. The van der Waals surface area contributed by atoms with Crippen molar-refractivity contribution in [2.75, 3.05) is 0 Å². The van der Waals surface area contributed by atoms with Gasteiger partial charge >= 0.3 is 5.69 Å². The van der Waals surface area contributed by atoms with Crippen LogP contribution in [0.1, 0.15) is 39.0 Å². The number of imidazole rings is 1. The van der Waals surface area contributed by atoms with Gasteiger partial charge in [0.1, 0.15) is 0 Å². The van der Waals surface area contributed by atoms with Crippen LogP contribution in [0, 0.1) is 5.41 Å². The Morgan fingerprint density at radius 1 is 1.43 bits per heavy atom. The molecule has 1 aromatic rings. The fourth-order valence-corrected chi connectivity index (χ4v) is 2.45. The van der Waals surface area contributed by atoms with Crippen LogP contribution in [0.25, 0.3) is 0 Å². The van der Waals surface area contributed by atoms with E-state index in [-0.39, 0.29) is 5.69 Å². The van der Waals surface area contributed by atoms with Crippen molar-refractivity contribution in [2.45, 2.75) is 45.6 Å². The van der Waals surface area contributed by atoms with Gasteiger partial charge in [0.15, 0.2) is 0 Å². The fraction of sp³-hybridized carbons (Fsp3) is 0.727. The first-order valence-corrected chi connectivity index (χ1v) is 5.43. The lowest BCUT2D eigenvalue weighted by molar-refractivity contribution is 0.181. The third-order valence-corrected chi connectivity index (χ3v) is 3.33. The summed E-state index contributed by atoms with van der Waals surface area (Å²) >= 11 is 0. The van der Waals surface area contributed by atoms with Gasteiger partial charge in [-0.2, -0.15) is 0 Å². The van der Waals surface area contributed by atoms with Gasteiger partial charge in [-0.05, 0) is 18.3 Å². The molecule has 0 unspecified atom stereocenters. The molecule has 1 aliphatic rings. The van der Waals surface area contributed by atoms with Crippen LogP contribution in [0.3, 0.4) is 0 Å². The van der Waals surface area contributed by atoms with E-state index in [0.29, 0.717) is 5.41 Å². The van der Waals surface area contributed by atoms with Gasteiger partial charge in [0.25, 0.3) is 0 Å². The highest BCUT2D eigenvalue weighted by atomic mass is 16.1. The average Bonchev–Trinajstić information content (AvgIpc) is 2.52. The minimum Gasteiger partial charge on any atom is -0.313 e. The molecule has 1 N–H and O–H groups in total. The van der Waals surface area contributed by atoms with Crippen LogP contribution < -0.4 is 5.69 Å². The van der Waals surface area contributed by atoms with Crippen LogP contribution in [-0.4, -0.2) is 9.55 Å². The number of nitrogens with one attached hydrogen (secondary N) is 1. The summed E-state index contributed by atoms with van der Waals surface area (Å²) in [6.45, 7) is 3.17. The summed E-state index contributed by atoms with van der Waals surface area (Å²) in [5.74, 6) is 0. The van der Waals surface area contributed by atoms with E-state index in [9.17, 15) is 4.79 Å². The second-order valence-electron chi connectivity index (χ2n) is 4.76. The first-order valence-electron chi connectivity index (χ1n) is 5.43. The summed E-state index contributed by atoms with van der Waals surface area (Å²) in [4.78, 5) is 14.0. The molecule has 0 radical (unpaired) electrons. The predicted molar refractivity (Wildman–Crippen MR) is 56.2 cm³/mol. The minimum atomic E-state index is 0.0248. The number of rotatable bonds is 2. The first-order chi connectivity index (χ1) is 6.70. The number of H-pyrrole nitrogens is 1. The van der Waals surface area contributed by atoms with Crippen molar-refractivity contribution in [3.05, 3.63) is 22.9 Å². The zero-order chi connectivity index (χ0) is 10.0. The SMILES string of the molecule is CC1(Cn2cc[nH]c2=O)CCCCC1. The molecule has 0 bridgehead atoms. The fourth-order valence-electron chi connectivity index (χ4n) is 2.45. The molecule has 1 heterocycles. The molecule has 0 aliphatic heterocycles. The minimum absolute atomic E-state index is 0.0248. The van der Waals surface area contributed by atoms with Crippen LogP contribution in [0.5, 0.6) is 0 Å². The van der Waals surface area contributed by atoms with E-state index in [4.69, 9.17) is 0 Å². The zero-order valence-corrected chi connectivity index (χ0v) is 8.75. The normalized spacial score (nSPS) is 20.9. The van der Waals surface area contributed by atoms with Gasteiger partial charge in [-0.1, -0.05) is 26.2 Å². The Hall–Kier alpha value is -0.990. The van der Waals surface area contributed by atoms with Crippen LogP contribution in [-0.2, 0) is 6.54 Å². The van der Waals surface area contributed by atoms with Gasteiger partial charge in [-0.3, -0.25) is 4.57 Å². The quantitative estimate of drug-likeness (QED) is 0.769. The molecule has 3 heteroatoms. The first kappa shape index (κ1) is 9.56. The molecule has 0 amide bonds. The number of aromatic nitrogens is 2. The van der Waals surface area contributed by atoms with Gasteiger partial charge in [-0.25, -0.2) is 4.79 Å². The Labute approximate surface area is 84.1 Å². The summed E-state index contributed by atoms with van der Waals surface area (Å²) in [6, 6.07) is 0. The van der Waals surface area contributed by atoms with Crippen molar-refractivity contribution < 1.29 is 0 Å². The Morgan fingerprint density at radius 3 is 2.71 bits per heavy atom. The van der Waals surface area contributed by atoms with Crippen molar-refractivity contribution in [2.24, 2.45) is 5.41 Å². The van der Waals surface area contributed by atoms with Gasteiger partial charge in [0.05, 0.1) is 0 Å². The molecular weight excluding hydrogens is 176 g/mol. The molecule has 2 rings (SSSR count). The third-order valence-electron chi connectivity index (χ3n) is 3.33. The highest BCUT2D eigenvalue weighted by Crippen LogP contribution is 2.36. The van der Waals surface area contributed by atoms with E-state index in [2.05, 4.69) is 11.9 Å². The Balaban J connectivity index is 2.09. The molecule has 14 heavy (non-hydrogen) atoms. The summed E-state index contributed by atoms with van der Waals surface area (Å²) in [5, 5.41) is 0. The second kappa shape index (κ2) is 3.64. The Kier molecular flexibility index (Phi) is 2.48. The molecule has 1 saturated carbocycles. The monoisotopic (exact) mass is 194 g/mol. The standard InChI is InChI=1S/C11H18N2O/c1-11(5-3-2-4-6-11)9-13-8-7-12-10(13)14/h7-8H,2-6,9H2,1H3,(H,12,14). The lowest BCUT2D eigenvalue weighted by Gasteiger charge is -2.33. The van der Waals surface area contributed by atoms with E-state index in [1.807, 2.05) is 6.20 Å². The zero-order valence-electron chi connectivity index (χ0n) is 8.75. The van der Waals surface area contributed by atoms with E-state index in [0.717, 1.165) is 6.54 Å². The highest BCUT2D eigenvalue weighted by molar-refractivity contribution is 4.83. The third kappa shape index (κ3) is 1.91. The van der Waals surface area contributed by atoms with E-state index >= 15 is 0 Å². The molecule has 78 valence electrons. The van der Waals surface area contributed by atoms with Gasteiger partial charge < -0.3 is 4.98 Å². The Bertz CT molecular complexity index is 344. The van der Waals surface area contributed by atoms with E-state index in [1.54, 1.807) is 10.8 Å². The number of nitrogens with zero attached hydrogens (tertiary/aromatic N) is 1. The largest absolute Gasteiger partial charge is 0.325 e. The van der Waals surface area contributed by atoms with Crippen molar-refractivity contribution in [1.29, 1.82) is 0 Å². The topological polar surface area (TPSA) is 37.8 Å².